The predicted molar refractivity (Wildman–Crippen MR) is 65.2 cm³/mol. The Morgan fingerprint density at radius 3 is 2.00 bits per heavy atom. The quantitative estimate of drug-likeness (QED) is 0.441. The van der Waals surface area contributed by atoms with Gasteiger partial charge in [-0.15, -0.1) is 25.3 Å². The Balaban J connectivity index is 2.82. The SMILES string of the molecule is CC(S)(S)OC(=O)c1ccc(C(=O)O)cc1. The van der Waals surface area contributed by atoms with Gasteiger partial charge in [-0.3, -0.25) is 0 Å². The monoisotopic (exact) mass is 258 g/mol. The lowest BCUT2D eigenvalue weighted by Gasteiger charge is -2.17. The highest BCUT2D eigenvalue weighted by Crippen LogP contribution is 2.21. The van der Waals surface area contributed by atoms with Gasteiger partial charge in [0.25, 0.3) is 0 Å². The van der Waals surface area contributed by atoms with E-state index in [-0.39, 0.29) is 11.1 Å². The van der Waals surface area contributed by atoms with E-state index in [1.54, 1.807) is 0 Å². The van der Waals surface area contributed by atoms with Crippen molar-refractivity contribution in [3.8, 4) is 0 Å². The van der Waals surface area contributed by atoms with Crippen molar-refractivity contribution in [2.75, 3.05) is 0 Å². The maximum atomic E-state index is 11.5. The van der Waals surface area contributed by atoms with E-state index < -0.39 is 16.2 Å². The van der Waals surface area contributed by atoms with Gasteiger partial charge < -0.3 is 9.84 Å². The highest BCUT2D eigenvalue weighted by molar-refractivity contribution is 8.00. The first kappa shape index (κ1) is 12.9. The number of rotatable bonds is 3. The van der Waals surface area contributed by atoms with E-state index in [0.717, 1.165) is 0 Å². The normalized spacial score (nSPS) is 10.9. The molecular weight excluding hydrogens is 248 g/mol. The van der Waals surface area contributed by atoms with Crippen LogP contribution in [-0.2, 0) is 4.74 Å². The third-order valence-electron chi connectivity index (χ3n) is 1.65. The van der Waals surface area contributed by atoms with Gasteiger partial charge in [0.05, 0.1) is 11.1 Å². The summed E-state index contributed by atoms with van der Waals surface area (Å²) >= 11 is 7.85. The van der Waals surface area contributed by atoms with Crippen molar-refractivity contribution in [2.24, 2.45) is 0 Å². The second-order valence-corrected chi connectivity index (χ2v) is 5.27. The summed E-state index contributed by atoms with van der Waals surface area (Å²) in [6.07, 6.45) is 0. The number of hydrogen-bond donors (Lipinski definition) is 3. The summed E-state index contributed by atoms with van der Waals surface area (Å²) in [6, 6.07) is 5.40. The van der Waals surface area contributed by atoms with E-state index in [1.165, 1.54) is 31.2 Å². The molecule has 0 radical (unpaired) electrons. The number of ether oxygens (including phenoxy) is 1. The van der Waals surface area contributed by atoms with Gasteiger partial charge >= 0.3 is 11.9 Å². The molecule has 1 rings (SSSR count). The van der Waals surface area contributed by atoms with Crippen LogP contribution in [0.4, 0.5) is 0 Å². The zero-order valence-electron chi connectivity index (χ0n) is 8.38. The van der Waals surface area contributed by atoms with Crippen LogP contribution in [0.15, 0.2) is 24.3 Å². The van der Waals surface area contributed by atoms with Gasteiger partial charge in [-0.25, -0.2) is 9.59 Å². The number of hydrogen-bond acceptors (Lipinski definition) is 5. The van der Waals surface area contributed by atoms with Crippen LogP contribution in [0.1, 0.15) is 27.6 Å². The number of aromatic carboxylic acids is 1. The highest BCUT2D eigenvalue weighted by Gasteiger charge is 2.19. The number of carboxylic acid groups (broad SMARTS) is 1. The van der Waals surface area contributed by atoms with Crippen LogP contribution >= 0.6 is 25.3 Å². The summed E-state index contributed by atoms with van der Waals surface area (Å²) in [6.45, 7) is 1.50. The third-order valence-corrected chi connectivity index (χ3v) is 1.84. The molecule has 0 amide bonds. The minimum Gasteiger partial charge on any atom is -0.478 e. The van der Waals surface area contributed by atoms with Crippen molar-refractivity contribution in [1.82, 2.24) is 0 Å². The molecular formula is C10H10O4S2. The molecule has 4 nitrogen and oxygen atoms in total. The number of esters is 1. The van der Waals surface area contributed by atoms with E-state index >= 15 is 0 Å². The summed E-state index contributed by atoms with van der Waals surface area (Å²) in [5, 5.41) is 8.66. The Bertz CT molecular complexity index is 406. The summed E-state index contributed by atoms with van der Waals surface area (Å²) in [5.41, 5.74) is 0.357. The maximum Gasteiger partial charge on any atom is 0.340 e. The van der Waals surface area contributed by atoms with Crippen LogP contribution in [0.2, 0.25) is 0 Å². The van der Waals surface area contributed by atoms with Crippen molar-refractivity contribution in [2.45, 2.75) is 11.2 Å². The Morgan fingerprint density at radius 2 is 1.62 bits per heavy atom. The molecule has 1 aromatic carbocycles. The molecule has 16 heavy (non-hydrogen) atoms. The second-order valence-electron chi connectivity index (χ2n) is 3.21. The van der Waals surface area contributed by atoms with Gasteiger partial charge in [0, 0.05) is 0 Å². The van der Waals surface area contributed by atoms with E-state index in [4.69, 9.17) is 9.84 Å². The molecule has 0 unspecified atom stereocenters. The smallest absolute Gasteiger partial charge is 0.340 e. The molecule has 0 aromatic heterocycles. The molecule has 0 fully saturated rings. The van der Waals surface area contributed by atoms with E-state index in [9.17, 15) is 9.59 Å². The summed E-state index contributed by atoms with van der Waals surface area (Å²) in [4.78, 5) is 22.0. The largest absolute Gasteiger partial charge is 0.478 e. The summed E-state index contributed by atoms with van der Waals surface area (Å²) in [7, 11) is 0. The molecule has 86 valence electrons. The Kier molecular flexibility index (Phi) is 3.88. The Hall–Kier alpha value is -1.14. The molecule has 0 saturated heterocycles. The highest BCUT2D eigenvalue weighted by atomic mass is 32.2. The van der Waals surface area contributed by atoms with E-state index in [0.29, 0.717) is 0 Å². The van der Waals surface area contributed by atoms with E-state index in [1.807, 2.05) is 0 Å². The number of carboxylic acids is 1. The average Bonchev–Trinajstić information content (AvgIpc) is 2.15. The molecule has 0 bridgehead atoms. The van der Waals surface area contributed by atoms with Crippen molar-refractivity contribution in [1.29, 1.82) is 0 Å². The molecule has 0 heterocycles. The molecule has 0 aliphatic heterocycles. The topological polar surface area (TPSA) is 63.6 Å². The predicted octanol–water partition coefficient (Wildman–Crippen LogP) is 2.07. The molecule has 1 N–H and O–H groups in total. The van der Waals surface area contributed by atoms with Crippen LogP contribution in [0, 0.1) is 0 Å². The molecule has 0 aliphatic carbocycles. The van der Waals surface area contributed by atoms with Crippen molar-refractivity contribution >= 4 is 37.2 Å². The minimum absolute atomic E-state index is 0.107. The number of carbonyl (C=O) groups is 2. The molecule has 6 heteroatoms. The zero-order valence-corrected chi connectivity index (χ0v) is 10.2. The van der Waals surface area contributed by atoms with E-state index in [2.05, 4.69) is 25.3 Å². The molecule has 0 aliphatic rings. The van der Waals surface area contributed by atoms with Gasteiger partial charge in [0.2, 0.25) is 0 Å². The van der Waals surface area contributed by atoms with Gasteiger partial charge in [0.1, 0.15) is 0 Å². The average molecular weight is 258 g/mol. The van der Waals surface area contributed by atoms with Gasteiger partial charge in [0.15, 0.2) is 4.27 Å². The molecule has 1 aromatic rings. The fourth-order valence-electron chi connectivity index (χ4n) is 0.983. The number of carbonyl (C=O) groups excluding carboxylic acids is 1. The Labute approximate surface area is 103 Å². The second kappa shape index (κ2) is 4.80. The third kappa shape index (κ3) is 3.79. The first-order valence-electron chi connectivity index (χ1n) is 4.31. The standard InChI is InChI=1S/C10H10O4S2/c1-10(15,16)14-9(13)7-4-2-6(3-5-7)8(11)12/h2-5,15-16H,1H3,(H,11,12). The van der Waals surface area contributed by atoms with Crippen LogP contribution in [0.3, 0.4) is 0 Å². The summed E-state index contributed by atoms with van der Waals surface area (Å²) < 4.78 is 3.70. The van der Waals surface area contributed by atoms with Crippen LogP contribution in [0.5, 0.6) is 0 Å². The first-order chi connectivity index (χ1) is 7.29. The lowest BCUT2D eigenvalue weighted by molar-refractivity contribution is 0.0438. The van der Waals surface area contributed by atoms with Gasteiger partial charge in [-0.1, -0.05) is 0 Å². The minimum atomic E-state index is -1.16. The summed E-state index contributed by atoms with van der Waals surface area (Å²) in [5.74, 6) is -1.66. The lowest BCUT2D eigenvalue weighted by atomic mass is 10.1. The molecule has 0 saturated carbocycles. The van der Waals surface area contributed by atoms with Crippen LogP contribution in [0.25, 0.3) is 0 Å². The zero-order chi connectivity index (χ0) is 12.3. The van der Waals surface area contributed by atoms with Crippen molar-refractivity contribution in [3.05, 3.63) is 35.4 Å². The molecule has 0 spiro atoms. The maximum absolute atomic E-state index is 11.5. The Morgan fingerprint density at radius 1 is 1.19 bits per heavy atom. The van der Waals surface area contributed by atoms with Crippen LogP contribution in [-0.4, -0.2) is 21.3 Å². The van der Waals surface area contributed by atoms with Gasteiger partial charge in [-0.2, -0.15) is 0 Å². The fraction of sp³-hybridized carbons (Fsp3) is 0.200. The molecule has 0 atom stereocenters. The number of benzene rings is 1. The first-order valence-corrected chi connectivity index (χ1v) is 5.20. The lowest BCUT2D eigenvalue weighted by Crippen LogP contribution is -2.18. The van der Waals surface area contributed by atoms with Crippen LogP contribution < -0.4 is 0 Å². The van der Waals surface area contributed by atoms with Crippen molar-refractivity contribution in [3.63, 3.8) is 0 Å². The van der Waals surface area contributed by atoms with Gasteiger partial charge in [-0.05, 0) is 31.2 Å². The van der Waals surface area contributed by atoms with Crippen molar-refractivity contribution < 1.29 is 19.4 Å². The number of thiol groups is 2. The fourth-order valence-corrected chi connectivity index (χ4v) is 1.15.